The predicted molar refractivity (Wildman–Crippen MR) is 124 cm³/mol. The third kappa shape index (κ3) is 3.74. The highest BCUT2D eigenvalue weighted by atomic mass is 16.5. The van der Waals surface area contributed by atoms with Gasteiger partial charge in [0.05, 0.1) is 7.11 Å². The van der Waals surface area contributed by atoms with Gasteiger partial charge in [0.15, 0.2) is 0 Å². The zero-order chi connectivity index (χ0) is 21.5. The van der Waals surface area contributed by atoms with Crippen molar-refractivity contribution in [3.05, 3.63) is 59.2 Å². The van der Waals surface area contributed by atoms with E-state index in [-0.39, 0.29) is 11.8 Å². The molecule has 0 unspecified atom stereocenters. The predicted octanol–water partition coefficient (Wildman–Crippen LogP) is 4.14. The molecule has 5 heteroatoms. The summed E-state index contributed by atoms with van der Waals surface area (Å²) in [5, 5.41) is 7.68. The van der Waals surface area contributed by atoms with Crippen LogP contribution in [0.15, 0.2) is 42.5 Å². The van der Waals surface area contributed by atoms with E-state index in [2.05, 4.69) is 60.0 Å². The molecule has 2 N–H and O–H groups in total. The van der Waals surface area contributed by atoms with E-state index in [1.807, 2.05) is 11.9 Å². The molecule has 1 saturated carbocycles. The van der Waals surface area contributed by atoms with E-state index >= 15 is 0 Å². The van der Waals surface area contributed by atoms with E-state index in [4.69, 9.17) is 4.74 Å². The van der Waals surface area contributed by atoms with Gasteiger partial charge in [-0.25, -0.2) is 0 Å². The van der Waals surface area contributed by atoms with Crippen LogP contribution in [0.3, 0.4) is 0 Å². The minimum absolute atomic E-state index is 0.178. The SMILES string of the molecule is CC[C@@H]1CC[C@@H](NCc2cc3c(cc2OC)[C@H]2C[C@H]2C(=O)N3C)[C@@H](c2ccccc2)N1. The highest BCUT2D eigenvalue weighted by molar-refractivity contribution is 6.01. The summed E-state index contributed by atoms with van der Waals surface area (Å²) in [4.78, 5) is 14.4. The van der Waals surface area contributed by atoms with Crippen molar-refractivity contribution in [1.82, 2.24) is 10.6 Å². The van der Waals surface area contributed by atoms with Crippen LogP contribution in [0.2, 0.25) is 0 Å². The van der Waals surface area contributed by atoms with E-state index in [0.29, 0.717) is 24.0 Å². The molecular weight excluding hydrogens is 386 g/mol. The second-order valence-corrected chi connectivity index (χ2v) is 9.29. The molecule has 2 aliphatic heterocycles. The Kier molecular flexibility index (Phi) is 5.49. The smallest absolute Gasteiger partial charge is 0.230 e. The molecule has 31 heavy (non-hydrogen) atoms. The van der Waals surface area contributed by atoms with Gasteiger partial charge in [0, 0.05) is 48.9 Å². The normalized spacial score (nSPS) is 29.3. The number of nitrogens with one attached hydrogen (secondary N) is 2. The van der Waals surface area contributed by atoms with Gasteiger partial charge in [-0.15, -0.1) is 0 Å². The van der Waals surface area contributed by atoms with Crippen LogP contribution >= 0.6 is 0 Å². The number of fused-ring (bicyclic) bond motifs is 3. The molecule has 0 aromatic heterocycles. The Bertz CT molecular complexity index is 961. The summed E-state index contributed by atoms with van der Waals surface area (Å²) in [5.74, 6) is 1.74. The van der Waals surface area contributed by atoms with Gasteiger partial charge in [0.25, 0.3) is 0 Å². The lowest BCUT2D eigenvalue weighted by Crippen LogP contribution is -2.49. The van der Waals surface area contributed by atoms with Crippen molar-refractivity contribution in [3.8, 4) is 5.75 Å². The average Bonchev–Trinajstić information content (AvgIpc) is 3.62. The standard InChI is InChI=1S/C26H33N3O2/c1-4-18-10-11-22(25(28-18)16-8-6-5-7-9-16)27-15-17-12-23-20(14-24(17)31-3)19-13-21(19)26(30)29(23)2/h5-9,12,14,18-19,21-22,25,27-28H,4,10-11,13,15H2,1-3H3/t18-,19-,21-,22-,25-/m1/s1. The lowest BCUT2D eigenvalue weighted by molar-refractivity contribution is -0.119. The van der Waals surface area contributed by atoms with Crippen molar-refractivity contribution in [2.75, 3.05) is 19.1 Å². The molecule has 0 spiro atoms. The summed E-state index contributed by atoms with van der Waals surface area (Å²) in [6, 6.07) is 16.3. The molecule has 1 amide bonds. The molecule has 164 valence electrons. The maximum atomic E-state index is 12.5. The minimum atomic E-state index is 0.178. The van der Waals surface area contributed by atoms with Crippen LogP contribution in [0.4, 0.5) is 5.69 Å². The van der Waals surface area contributed by atoms with E-state index in [1.165, 1.54) is 17.5 Å². The number of nitrogens with zero attached hydrogens (tertiary/aromatic N) is 1. The largest absolute Gasteiger partial charge is 0.496 e. The quantitative estimate of drug-likeness (QED) is 0.739. The number of rotatable bonds is 6. The Morgan fingerprint density at radius 3 is 2.71 bits per heavy atom. The number of carbonyl (C=O) groups excluding carboxylic acids is 1. The van der Waals surface area contributed by atoms with Gasteiger partial charge in [-0.05, 0) is 54.9 Å². The highest BCUT2D eigenvalue weighted by Crippen LogP contribution is 2.56. The molecule has 1 saturated heterocycles. The van der Waals surface area contributed by atoms with E-state index in [0.717, 1.165) is 42.8 Å². The van der Waals surface area contributed by atoms with Gasteiger partial charge in [0.2, 0.25) is 5.91 Å². The monoisotopic (exact) mass is 419 g/mol. The van der Waals surface area contributed by atoms with Crippen molar-refractivity contribution in [3.63, 3.8) is 0 Å². The van der Waals surface area contributed by atoms with Gasteiger partial charge in [-0.1, -0.05) is 37.3 Å². The van der Waals surface area contributed by atoms with Crippen LogP contribution in [0.25, 0.3) is 0 Å². The molecular formula is C26H33N3O2. The fraction of sp³-hybridized carbons (Fsp3) is 0.500. The second kappa shape index (κ2) is 8.29. The Balaban J connectivity index is 1.38. The third-order valence-corrected chi connectivity index (χ3v) is 7.48. The van der Waals surface area contributed by atoms with Crippen LogP contribution in [0.1, 0.15) is 61.3 Å². The van der Waals surface area contributed by atoms with Crippen molar-refractivity contribution >= 4 is 11.6 Å². The van der Waals surface area contributed by atoms with Crippen LogP contribution in [0.5, 0.6) is 5.75 Å². The fourth-order valence-electron chi connectivity index (χ4n) is 5.49. The number of anilines is 1. The number of carbonyl (C=O) groups is 1. The first kappa shape index (κ1) is 20.5. The van der Waals surface area contributed by atoms with Crippen LogP contribution in [-0.2, 0) is 11.3 Å². The Morgan fingerprint density at radius 2 is 1.97 bits per heavy atom. The lowest BCUT2D eigenvalue weighted by atomic mass is 9.88. The van der Waals surface area contributed by atoms with Gasteiger partial charge >= 0.3 is 0 Å². The first-order valence-electron chi connectivity index (χ1n) is 11.6. The topological polar surface area (TPSA) is 53.6 Å². The van der Waals surface area contributed by atoms with Gasteiger partial charge in [-0.2, -0.15) is 0 Å². The maximum Gasteiger partial charge on any atom is 0.230 e. The van der Waals surface area contributed by atoms with Crippen molar-refractivity contribution in [2.24, 2.45) is 5.92 Å². The fourth-order valence-corrected chi connectivity index (χ4v) is 5.49. The molecule has 5 nitrogen and oxygen atoms in total. The average molecular weight is 420 g/mol. The molecule has 0 radical (unpaired) electrons. The number of piperidine rings is 1. The van der Waals surface area contributed by atoms with Crippen molar-refractivity contribution < 1.29 is 9.53 Å². The molecule has 1 aliphatic carbocycles. The zero-order valence-electron chi connectivity index (χ0n) is 18.7. The molecule has 2 heterocycles. The number of hydrogen-bond donors (Lipinski definition) is 2. The van der Waals surface area contributed by atoms with Crippen LogP contribution < -0.4 is 20.3 Å². The first-order valence-corrected chi connectivity index (χ1v) is 11.6. The molecule has 0 bridgehead atoms. The third-order valence-electron chi connectivity index (χ3n) is 7.48. The number of amides is 1. The highest BCUT2D eigenvalue weighted by Gasteiger charge is 2.50. The molecule has 2 aromatic carbocycles. The van der Waals surface area contributed by atoms with Gasteiger partial charge in [-0.3, -0.25) is 4.79 Å². The summed E-state index contributed by atoms with van der Waals surface area (Å²) in [6.45, 7) is 2.98. The Hall–Kier alpha value is -2.37. The number of hydrogen-bond acceptors (Lipinski definition) is 4. The minimum Gasteiger partial charge on any atom is -0.496 e. The Labute approximate surface area is 185 Å². The summed E-state index contributed by atoms with van der Waals surface area (Å²) >= 11 is 0. The van der Waals surface area contributed by atoms with E-state index in [1.54, 1.807) is 7.11 Å². The number of methoxy groups -OCH3 is 1. The maximum absolute atomic E-state index is 12.5. The summed E-state index contributed by atoms with van der Waals surface area (Å²) in [5.41, 5.74) is 4.76. The van der Waals surface area contributed by atoms with Crippen LogP contribution in [-0.4, -0.2) is 32.1 Å². The second-order valence-electron chi connectivity index (χ2n) is 9.29. The van der Waals surface area contributed by atoms with Crippen molar-refractivity contribution in [1.29, 1.82) is 0 Å². The zero-order valence-corrected chi connectivity index (χ0v) is 18.7. The van der Waals surface area contributed by atoms with E-state index in [9.17, 15) is 4.79 Å². The lowest BCUT2D eigenvalue weighted by Gasteiger charge is -2.38. The molecule has 5 atom stereocenters. The Morgan fingerprint density at radius 1 is 1.16 bits per heavy atom. The van der Waals surface area contributed by atoms with Crippen molar-refractivity contribution in [2.45, 2.75) is 63.2 Å². The first-order chi connectivity index (χ1) is 15.1. The molecule has 2 aromatic rings. The number of ether oxygens (including phenoxy) is 1. The van der Waals surface area contributed by atoms with Gasteiger partial charge < -0.3 is 20.3 Å². The summed E-state index contributed by atoms with van der Waals surface area (Å²) < 4.78 is 5.77. The van der Waals surface area contributed by atoms with E-state index < -0.39 is 0 Å². The molecule has 2 fully saturated rings. The number of benzene rings is 2. The molecule has 5 rings (SSSR count). The summed E-state index contributed by atoms with van der Waals surface area (Å²) in [7, 11) is 3.65. The molecule has 3 aliphatic rings. The van der Waals surface area contributed by atoms with Crippen LogP contribution in [0, 0.1) is 5.92 Å². The van der Waals surface area contributed by atoms with Gasteiger partial charge in [0.1, 0.15) is 5.75 Å². The summed E-state index contributed by atoms with van der Waals surface area (Å²) in [6.07, 6.45) is 4.44.